The predicted octanol–water partition coefficient (Wildman–Crippen LogP) is 2.69. The van der Waals surface area contributed by atoms with Crippen molar-refractivity contribution < 1.29 is 14.4 Å². The lowest BCUT2D eigenvalue weighted by Gasteiger charge is -2.37. The van der Waals surface area contributed by atoms with Crippen LogP contribution in [0.1, 0.15) is 42.2 Å². The van der Waals surface area contributed by atoms with Crippen LogP contribution in [0, 0.1) is 22.7 Å². The van der Waals surface area contributed by atoms with Crippen LogP contribution in [0.2, 0.25) is 0 Å². The number of carbonyl (C=O) groups is 3. The van der Waals surface area contributed by atoms with Crippen molar-refractivity contribution in [2.45, 2.75) is 0 Å². The quantitative estimate of drug-likeness (QED) is 0.502. The van der Waals surface area contributed by atoms with E-state index in [1.54, 1.807) is 70.5 Å². The van der Waals surface area contributed by atoms with E-state index in [0.29, 0.717) is 72.8 Å². The van der Waals surface area contributed by atoms with Crippen molar-refractivity contribution in [3.05, 3.63) is 94.5 Å². The predicted molar refractivity (Wildman–Crippen MR) is 154 cm³/mol. The monoisotopic (exact) mass is 547 g/mol. The van der Waals surface area contributed by atoms with Gasteiger partial charge in [0.05, 0.1) is 34.6 Å². The van der Waals surface area contributed by atoms with E-state index < -0.39 is 0 Å². The van der Waals surface area contributed by atoms with Gasteiger partial charge in [-0.2, -0.15) is 10.5 Å². The minimum absolute atomic E-state index is 0.0928. The molecule has 0 aromatic heterocycles. The van der Waals surface area contributed by atoms with Gasteiger partial charge in [-0.15, -0.1) is 0 Å². The summed E-state index contributed by atoms with van der Waals surface area (Å²) in [6.07, 6.45) is 0. The number of rotatable bonds is 5. The van der Waals surface area contributed by atoms with Crippen LogP contribution in [0.5, 0.6) is 0 Å². The molecule has 2 N–H and O–H groups in total. The van der Waals surface area contributed by atoms with Crippen LogP contribution in [0.3, 0.4) is 0 Å². The highest BCUT2D eigenvalue weighted by atomic mass is 16.2. The number of hydrogen-bond donors (Lipinski definition) is 2. The van der Waals surface area contributed by atoms with Gasteiger partial charge < -0.3 is 25.3 Å². The number of piperazine rings is 2. The normalized spacial score (nSPS) is 15.0. The first-order valence-electron chi connectivity index (χ1n) is 13.5. The highest BCUT2D eigenvalue weighted by Gasteiger charge is 2.26. The summed E-state index contributed by atoms with van der Waals surface area (Å²) in [5.41, 5.74) is 3.64. The van der Waals surface area contributed by atoms with Gasteiger partial charge >= 0.3 is 0 Å². The Morgan fingerprint density at radius 1 is 0.659 bits per heavy atom. The summed E-state index contributed by atoms with van der Waals surface area (Å²) >= 11 is 0. The Labute approximate surface area is 238 Å². The molecule has 41 heavy (non-hydrogen) atoms. The molecule has 2 fully saturated rings. The number of benzene rings is 3. The van der Waals surface area contributed by atoms with Crippen molar-refractivity contribution in [2.24, 2.45) is 0 Å². The molecule has 3 amide bonds. The van der Waals surface area contributed by atoms with Crippen molar-refractivity contribution in [2.75, 3.05) is 62.6 Å². The zero-order valence-electron chi connectivity index (χ0n) is 22.5. The fourth-order valence-electron chi connectivity index (χ4n) is 5.01. The van der Waals surface area contributed by atoms with Gasteiger partial charge in [-0.3, -0.25) is 14.4 Å². The first kappa shape index (κ1) is 27.4. The van der Waals surface area contributed by atoms with Gasteiger partial charge in [0.25, 0.3) is 17.7 Å². The summed E-state index contributed by atoms with van der Waals surface area (Å²) in [6.45, 7) is 4.72. The second kappa shape index (κ2) is 12.3. The van der Waals surface area contributed by atoms with E-state index in [4.69, 9.17) is 10.5 Å². The molecule has 206 valence electrons. The Morgan fingerprint density at radius 2 is 1.17 bits per heavy atom. The molecular weight excluding hydrogens is 518 g/mol. The third kappa shape index (κ3) is 6.19. The minimum Gasteiger partial charge on any atom is -0.366 e. The number of anilines is 2. The average molecular weight is 548 g/mol. The van der Waals surface area contributed by atoms with Crippen LogP contribution in [0.15, 0.2) is 66.7 Å². The molecule has 2 aliphatic rings. The second-order valence-electron chi connectivity index (χ2n) is 9.89. The zero-order chi connectivity index (χ0) is 28.8. The van der Waals surface area contributed by atoms with Crippen LogP contribution in [-0.4, -0.2) is 79.9 Å². The number of nitriles is 2. The summed E-state index contributed by atoms with van der Waals surface area (Å²) in [4.78, 5) is 45.1. The molecule has 0 radical (unpaired) electrons. The number of carbonyl (C=O) groups excluding carboxylic acids is 3. The summed E-state index contributed by atoms with van der Waals surface area (Å²) in [5.74, 6) is -0.539. The average Bonchev–Trinajstić information content (AvgIpc) is 3.04. The molecule has 0 atom stereocenters. The standard InChI is InChI=1S/C31H29N7O3/c32-20-22-1-5-24(6-2-22)29(39)35-27-19-26(31(41)37-13-11-34-12-14-37)9-10-28(27)36-15-17-38(18-16-36)30(40)25-7-3-23(21-33)4-8-25/h1-10,19,34H,11-18H2,(H,35,39). The first-order chi connectivity index (χ1) is 20.0. The SMILES string of the molecule is N#Cc1ccc(C(=O)Nc2cc(C(=O)N3CCNCC3)ccc2N2CCN(C(=O)c3ccc(C#N)cc3)CC2)cc1. The van der Waals surface area contributed by atoms with Crippen LogP contribution < -0.4 is 15.5 Å². The fraction of sp³-hybridized carbons (Fsp3) is 0.258. The molecule has 2 aliphatic heterocycles. The molecule has 0 saturated carbocycles. The van der Waals surface area contributed by atoms with Gasteiger partial charge in [-0.25, -0.2) is 0 Å². The summed E-state index contributed by atoms with van der Waals surface area (Å²) < 4.78 is 0. The zero-order valence-corrected chi connectivity index (χ0v) is 22.5. The molecule has 2 saturated heterocycles. The van der Waals surface area contributed by atoms with E-state index in [2.05, 4.69) is 21.6 Å². The molecule has 10 heteroatoms. The Morgan fingerprint density at radius 3 is 1.76 bits per heavy atom. The molecule has 5 rings (SSSR count). The number of nitrogens with zero attached hydrogens (tertiary/aromatic N) is 5. The molecule has 0 bridgehead atoms. The van der Waals surface area contributed by atoms with Crippen molar-refractivity contribution >= 4 is 29.1 Å². The van der Waals surface area contributed by atoms with Crippen LogP contribution in [-0.2, 0) is 0 Å². The van der Waals surface area contributed by atoms with Gasteiger partial charge in [-0.05, 0) is 66.7 Å². The third-order valence-electron chi connectivity index (χ3n) is 7.34. The first-order valence-corrected chi connectivity index (χ1v) is 13.5. The largest absolute Gasteiger partial charge is 0.366 e. The Bertz CT molecular complexity index is 1520. The van der Waals surface area contributed by atoms with Crippen LogP contribution in [0.25, 0.3) is 0 Å². The van der Waals surface area contributed by atoms with E-state index >= 15 is 0 Å². The third-order valence-corrected chi connectivity index (χ3v) is 7.34. The molecule has 2 heterocycles. The van der Waals surface area contributed by atoms with Gasteiger partial charge in [-0.1, -0.05) is 0 Å². The van der Waals surface area contributed by atoms with Gasteiger partial charge in [0.15, 0.2) is 0 Å². The number of nitrogens with one attached hydrogen (secondary N) is 2. The minimum atomic E-state index is -0.350. The van der Waals surface area contributed by atoms with Crippen LogP contribution >= 0.6 is 0 Å². The molecule has 3 aromatic rings. The van der Waals surface area contributed by atoms with E-state index in [1.807, 2.05) is 12.1 Å². The van der Waals surface area contributed by atoms with E-state index in [9.17, 15) is 14.4 Å². The van der Waals surface area contributed by atoms with E-state index in [0.717, 1.165) is 18.8 Å². The lowest BCUT2D eigenvalue weighted by molar-refractivity contribution is 0.0731. The topological polar surface area (TPSA) is 133 Å². The van der Waals surface area contributed by atoms with Crippen molar-refractivity contribution in [1.29, 1.82) is 10.5 Å². The number of amides is 3. The fourth-order valence-corrected chi connectivity index (χ4v) is 5.01. The maximum atomic E-state index is 13.2. The second-order valence-corrected chi connectivity index (χ2v) is 9.89. The number of hydrogen-bond acceptors (Lipinski definition) is 7. The van der Waals surface area contributed by atoms with Crippen LogP contribution in [0.4, 0.5) is 11.4 Å². The van der Waals surface area contributed by atoms with Gasteiger partial charge in [0, 0.05) is 69.0 Å². The molecule has 0 aliphatic carbocycles. The lowest BCUT2D eigenvalue weighted by Crippen LogP contribution is -2.49. The molecular formula is C31H29N7O3. The highest BCUT2D eigenvalue weighted by molar-refractivity contribution is 6.07. The smallest absolute Gasteiger partial charge is 0.255 e. The van der Waals surface area contributed by atoms with Gasteiger partial charge in [0.1, 0.15) is 0 Å². The maximum Gasteiger partial charge on any atom is 0.255 e. The Balaban J connectivity index is 1.35. The van der Waals surface area contributed by atoms with E-state index in [-0.39, 0.29) is 17.7 Å². The van der Waals surface area contributed by atoms with Crippen molar-refractivity contribution in [3.63, 3.8) is 0 Å². The highest BCUT2D eigenvalue weighted by Crippen LogP contribution is 2.30. The Kier molecular flexibility index (Phi) is 8.23. The maximum absolute atomic E-state index is 13.2. The summed E-state index contributed by atoms with van der Waals surface area (Å²) in [5, 5.41) is 24.3. The van der Waals surface area contributed by atoms with Gasteiger partial charge in [0.2, 0.25) is 0 Å². The molecule has 10 nitrogen and oxygen atoms in total. The Hall–Kier alpha value is -5.19. The van der Waals surface area contributed by atoms with Crippen molar-refractivity contribution in [1.82, 2.24) is 15.1 Å². The van der Waals surface area contributed by atoms with Crippen molar-refractivity contribution in [3.8, 4) is 12.1 Å². The molecule has 0 spiro atoms. The summed E-state index contributed by atoms with van der Waals surface area (Å²) in [6, 6.07) is 22.4. The molecule has 3 aromatic carbocycles. The molecule has 0 unspecified atom stereocenters. The lowest BCUT2D eigenvalue weighted by atomic mass is 10.1. The van der Waals surface area contributed by atoms with E-state index in [1.165, 1.54) is 0 Å². The summed E-state index contributed by atoms with van der Waals surface area (Å²) in [7, 11) is 0.